The van der Waals surface area contributed by atoms with Crippen LogP contribution in [-0.2, 0) is 13.0 Å². The summed E-state index contributed by atoms with van der Waals surface area (Å²) in [4.78, 5) is 29.7. The lowest BCUT2D eigenvalue weighted by Gasteiger charge is -2.31. The van der Waals surface area contributed by atoms with Crippen molar-refractivity contribution in [2.75, 3.05) is 19.6 Å². The Morgan fingerprint density at radius 1 is 0.889 bits per heavy atom. The minimum atomic E-state index is 0.00571. The Morgan fingerprint density at radius 2 is 1.59 bits per heavy atom. The summed E-state index contributed by atoms with van der Waals surface area (Å²) < 4.78 is 0. The van der Waals surface area contributed by atoms with Crippen molar-refractivity contribution in [2.45, 2.75) is 32.7 Å². The smallest absolute Gasteiger partial charge is 0.254 e. The molecule has 2 heterocycles. The number of benzene rings is 2. The van der Waals surface area contributed by atoms with Gasteiger partial charge in [-0.25, -0.2) is 0 Å². The zero-order valence-electron chi connectivity index (χ0n) is 15.9. The van der Waals surface area contributed by atoms with Crippen LogP contribution < -0.4 is 0 Å². The van der Waals surface area contributed by atoms with Crippen LogP contribution in [0.4, 0.5) is 0 Å². The molecule has 0 aliphatic carbocycles. The molecule has 1 fully saturated rings. The monoisotopic (exact) mass is 362 g/mol. The van der Waals surface area contributed by atoms with E-state index in [0.717, 1.165) is 32.5 Å². The van der Waals surface area contributed by atoms with Crippen molar-refractivity contribution < 1.29 is 9.59 Å². The molecule has 2 aliphatic rings. The summed E-state index contributed by atoms with van der Waals surface area (Å²) >= 11 is 0. The van der Waals surface area contributed by atoms with Gasteiger partial charge in [-0.2, -0.15) is 0 Å². The summed E-state index contributed by atoms with van der Waals surface area (Å²) in [5, 5.41) is 0. The number of fused-ring (bicyclic) bond motifs is 1. The van der Waals surface area contributed by atoms with Gasteiger partial charge in [0.2, 0.25) is 0 Å². The van der Waals surface area contributed by atoms with Crippen LogP contribution in [0, 0.1) is 5.92 Å². The van der Waals surface area contributed by atoms with Crippen molar-refractivity contribution >= 4 is 11.8 Å². The van der Waals surface area contributed by atoms with E-state index in [0.29, 0.717) is 23.6 Å². The highest BCUT2D eigenvalue weighted by molar-refractivity contribution is 5.99. The molecular weight excluding hydrogens is 336 g/mol. The maximum absolute atomic E-state index is 13.0. The highest BCUT2D eigenvalue weighted by Gasteiger charge is 2.25. The summed E-state index contributed by atoms with van der Waals surface area (Å²) in [6.07, 6.45) is 3.11. The maximum atomic E-state index is 13.0. The first-order chi connectivity index (χ1) is 13.1. The average molecular weight is 362 g/mol. The van der Waals surface area contributed by atoms with E-state index in [1.165, 1.54) is 17.5 Å². The Labute approximate surface area is 160 Å². The predicted octanol–water partition coefficient (Wildman–Crippen LogP) is 3.76. The molecule has 2 aromatic rings. The molecule has 140 valence electrons. The van der Waals surface area contributed by atoms with Crippen molar-refractivity contribution in [3.63, 3.8) is 0 Å². The minimum absolute atomic E-state index is 0.00571. The number of piperidine rings is 1. The molecule has 4 nitrogen and oxygen atoms in total. The Morgan fingerprint density at radius 3 is 2.33 bits per heavy atom. The third-order valence-electron chi connectivity index (χ3n) is 5.72. The molecular formula is C23H26N2O2. The van der Waals surface area contributed by atoms with Gasteiger partial charge in [0.05, 0.1) is 0 Å². The van der Waals surface area contributed by atoms with Crippen molar-refractivity contribution in [1.82, 2.24) is 9.80 Å². The van der Waals surface area contributed by atoms with E-state index in [4.69, 9.17) is 0 Å². The molecule has 1 atom stereocenters. The Bertz CT molecular complexity index is 861. The van der Waals surface area contributed by atoms with Crippen LogP contribution in [0.25, 0.3) is 0 Å². The summed E-state index contributed by atoms with van der Waals surface area (Å²) in [5.41, 5.74) is 3.76. The van der Waals surface area contributed by atoms with Gasteiger partial charge in [0.1, 0.15) is 0 Å². The van der Waals surface area contributed by atoms with Crippen LogP contribution in [0.15, 0.2) is 48.5 Å². The molecule has 1 saturated heterocycles. The second-order valence-corrected chi connectivity index (χ2v) is 7.82. The second kappa shape index (κ2) is 7.55. The molecule has 0 saturated carbocycles. The highest BCUT2D eigenvalue weighted by atomic mass is 16.2. The molecule has 0 spiro atoms. The van der Waals surface area contributed by atoms with Gasteiger partial charge < -0.3 is 9.80 Å². The SMILES string of the molecule is CC1CCCN(C(=O)c2cccc(C(=O)N3CCc4ccccc4C3)c2)C1. The Kier molecular flexibility index (Phi) is 4.97. The molecule has 0 aromatic heterocycles. The molecule has 4 rings (SSSR count). The van der Waals surface area contributed by atoms with Crippen LogP contribution in [0.2, 0.25) is 0 Å². The topological polar surface area (TPSA) is 40.6 Å². The number of carbonyl (C=O) groups is 2. The number of amides is 2. The van der Waals surface area contributed by atoms with Gasteiger partial charge in [0.15, 0.2) is 0 Å². The second-order valence-electron chi connectivity index (χ2n) is 7.82. The van der Waals surface area contributed by atoms with Crippen molar-refractivity contribution in [3.8, 4) is 0 Å². The van der Waals surface area contributed by atoms with Crippen LogP contribution in [-0.4, -0.2) is 41.2 Å². The van der Waals surface area contributed by atoms with Crippen molar-refractivity contribution in [1.29, 1.82) is 0 Å². The number of hydrogen-bond donors (Lipinski definition) is 0. The van der Waals surface area contributed by atoms with E-state index in [-0.39, 0.29) is 11.8 Å². The molecule has 0 bridgehead atoms. The first kappa shape index (κ1) is 17.8. The summed E-state index contributed by atoms with van der Waals surface area (Å²) in [5.74, 6) is 0.590. The van der Waals surface area contributed by atoms with Crippen LogP contribution in [0.3, 0.4) is 0 Å². The summed E-state index contributed by atoms with van der Waals surface area (Å²) in [7, 11) is 0. The fourth-order valence-corrected chi connectivity index (χ4v) is 4.19. The highest BCUT2D eigenvalue weighted by Crippen LogP contribution is 2.22. The largest absolute Gasteiger partial charge is 0.338 e. The third kappa shape index (κ3) is 3.75. The van der Waals surface area contributed by atoms with Crippen LogP contribution >= 0.6 is 0 Å². The zero-order chi connectivity index (χ0) is 18.8. The van der Waals surface area contributed by atoms with Gasteiger partial charge in [-0.05, 0) is 54.5 Å². The standard InChI is InChI=1S/C23H26N2O2/c1-17-6-5-12-24(15-17)22(26)19-9-4-10-20(14-19)23(27)25-13-11-18-7-2-3-8-21(18)16-25/h2-4,7-10,14,17H,5-6,11-13,15-16H2,1H3. The van der Waals surface area contributed by atoms with Gasteiger partial charge in [0.25, 0.3) is 11.8 Å². The molecule has 2 amide bonds. The van der Waals surface area contributed by atoms with Gasteiger partial charge >= 0.3 is 0 Å². The molecule has 0 N–H and O–H groups in total. The zero-order valence-corrected chi connectivity index (χ0v) is 15.9. The molecule has 2 aliphatic heterocycles. The summed E-state index contributed by atoms with van der Waals surface area (Å²) in [6.45, 7) is 5.16. The van der Waals surface area contributed by atoms with Crippen LogP contribution in [0.1, 0.15) is 51.6 Å². The summed E-state index contributed by atoms with van der Waals surface area (Å²) in [6, 6.07) is 15.5. The third-order valence-corrected chi connectivity index (χ3v) is 5.72. The molecule has 0 radical (unpaired) electrons. The van der Waals surface area contributed by atoms with Gasteiger partial charge in [-0.1, -0.05) is 37.3 Å². The first-order valence-electron chi connectivity index (χ1n) is 9.87. The Hall–Kier alpha value is -2.62. The average Bonchev–Trinajstić information content (AvgIpc) is 2.72. The first-order valence-corrected chi connectivity index (χ1v) is 9.87. The maximum Gasteiger partial charge on any atom is 0.254 e. The lowest BCUT2D eigenvalue weighted by atomic mass is 9.98. The van der Waals surface area contributed by atoms with E-state index in [1.807, 2.05) is 40.1 Å². The normalized spacial score (nSPS) is 19.5. The molecule has 2 aromatic carbocycles. The number of likely N-dealkylation sites (tertiary alicyclic amines) is 1. The van der Waals surface area contributed by atoms with E-state index < -0.39 is 0 Å². The van der Waals surface area contributed by atoms with Gasteiger partial charge in [-0.15, -0.1) is 0 Å². The van der Waals surface area contributed by atoms with E-state index in [2.05, 4.69) is 19.1 Å². The van der Waals surface area contributed by atoms with Gasteiger partial charge in [-0.3, -0.25) is 9.59 Å². The van der Waals surface area contributed by atoms with Crippen LogP contribution in [0.5, 0.6) is 0 Å². The fraction of sp³-hybridized carbons (Fsp3) is 0.391. The lowest BCUT2D eigenvalue weighted by molar-refractivity contribution is 0.0683. The molecule has 4 heteroatoms. The number of carbonyl (C=O) groups excluding carboxylic acids is 2. The van der Waals surface area contributed by atoms with Crippen molar-refractivity contribution in [3.05, 3.63) is 70.8 Å². The Balaban J connectivity index is 1.50. The van der Waals surface area contributed by atoms with E-state index in [9.17, 15) is 9.59 Å². The number of rotatable bonds is 2. The van der Waals surface area contributed by atoms with Gasteiger partial charge in [0, 0.05) is 37.3 Å². The number of nitrogens with zero attached hydrogens (tertiary/aromatic N) is 2. The lowest BCUT2D eigenvalue weighted by Crippen LogP contribution is -2.39. The van der Waals surface area contributed by atoms with E-state index in [1.54, 1.807) is 6.07 Å². The van der Waals surface area contributed by atoms with Crippen molar-refractivity contribution in [2.24, 2.45) is 5.92 Å². The predicted molar refractivity (Wildman–Crippen MR) is 106 cm³/mol. The fourth-order valence-electron chi connectivity index (χ4n) is 4.19. The molecule has 27 heavy (non-hydrogen) atoms. The minimum Gasteiger partial charge on any atom is -0.338 e. The quantitative estimate of drug-likeness (QED) is 0.816. The molecule has 1 unspecified atom stereocenters. The van der Waals surface area contributed by atoms with E-state index >= 15 is 0 Å². The number of hydrogen-bond acceptors (Lipinski definition) is 2.